The van der Waals surface area contributed by atoms with Crippen molar-refractivity contribution in [3.63, 3.8) is 0 Å². The summed E-state index contributed by atoms with van der Waals surface area (Å²) in [6.45, 7) is 6.20. The summed E-state index contributed by atoms with van der Waals surface area (Å²) in [5.74, 6) is 0.886. The van der Waals surface area contributed by atoms with Gasteiger partial charge in [-0.25, -0.2) is 0 Å². The molecule has 0 saturated carbocycles. The van der Waals surface area contributed by atoms with Crippen LogP contribution in [0, 0.1) is 0 Å². The Morgan fingerprint density at radius 2 is 2.04 bits per heavy atom. The highest BCUT2D eigenvalue weighted by molar-refractivity contribution is 9.10. The minimum atomic E-state index is -0.289. The summed E-state index contributed by atoms with van der Waals surface area (Å²) in [7, 11) is 0. The third kappa shape index (κ3) is 6.79. The zero-order valence-electron chi connectivity index (χ0n) is 15.0. The number of ether oxygens (including phenoxy) is 2. The summed E-state index contributed by atoms with van der Waals surface area (Å²) in [6.07, 6.45) is 3.16. The lowest BCUT2D eigenvalue weighted by Gasteiger charge is -2.13. The van der Waals surface area contributed by atoms with Crippen LogP contribution in [0.25, 0.3) is 0 Å². The summed E-state index contributed by atoms with van der Waals surface area (Å²) < 4.78 is 12.0. The quantitative estimate of drug-likeness (QED) is 0.343. The molecule has 0 unspecified atom stereocenters. The van der Waals surface area contributed by atoms with Gasteiger partial charge in [-0.1, -0.05) is 36.0 Å². The predicted molar refractivity (Wildman–Crippen MR) is 110 cm³/mol. The highest BCUT2D eigenvalue weighted by atomic mass is 79.9. The van der Waals surface area contributed by atoms with Crippen LogP contribution in [0.3, 0.4) is 0 Å². The average Bonchev–Trinajstić information content (AvgIpc) is 2.66. The normalized spacial score (nSPS) is 10.4. The molecule has 6 nitrogen and oxygen atoms in total. The Balaban J connectivity index is 1.95. The zero-order valence-corrected chi connectivity index (χ0v) is 16.6. The maximum Gasteiger partial charge on any atom is 0.265 e. The van der Waals surface area contributed by atoms with E-state index in [1.807, 2.05) is 31.2 Å². The molecule has 0 heterocycles. The first-order chi connectivity index (χ1) is 13.1. The first-order valence-electron chi connectivity index (χ1n) is 8.34. The molecule has 0 aromatic heterocycles. The number of oxime groups is 1. The lowest BCUT2D eigenvalue weighted by atomic mass is 10.2. The van der Waals surface area contributed by atoms with Gasteiger partial charge < -0.3 is 19.6 Å². The third-order valence-electron chi connectivity index (χ3n) is 3.21. The van der Waals surface area contributed by atoms with Gasteiger partial charge in [0.05, 0.1) is 17.3 Å². The highest BCUT2D eigenvalue weighted by Gasteiger charge is 2.11. The first-order valence-corrected chi connectivity index (χ1v) is 9.13. The Morgan fingerprint density at radius 1 is 1.26 bits per heavy atom. The molecule has 142 valence electrons. The van der Waals surface area contributed by atoms with Crippen molar-refractivity contribution in [2.24, 2.45) is 5.16 Å². The topological polar surface area (TPSA) is 69.2 Å². The van der Waals surface area contributed by atoms with Crippen molar-refractivity contribution < 1.29 is 19.1 Å². The molecule has 0 aliphatic heterocycles. The molecule has 0 atom stereocenters. The molecule has 2 rings (SSSR count). The van der Waals surface area contributed by atoms with Crippen LogP contribution in [0.2, 0.25) is 0 Å². The molecular formula is C20H21BrN2O4. The van der Waals surface area contributed by atoms with E-state index in [-0.39, 0.29) is 12.5 Å². The molecule has 1 N–H and O–H groups in total. The van der Waals surface area contributed by atoms with E-state index in [2.05, 4.69) is 33.0 Å². The number of hydrogen-bond acceptors (Lipinski definition) is 5. The van der Waals surface area contributed by atoms with Gasteiger partial charge in [-0.05, 0) is 47.1 Å². The molecule has 27 heavy (non-hydrogen) atoms. The second kappa shape index (κ2) is 11.0. The monoisotopic (exact) mass is 432 g/mol. The van der Waals surface area contributed by atoms with E-state index < -0.39 is 0 Å². The smallest absolute Gasteiger partial charge is 0.265 e. The van der Waals surface area contributed by atoms with Crippen LogP contribution in [-0.4, -0.2) is 31.9 Å². The fraction of sp³-hybridized carbons (Fsp3) is 0.200. The number of halogens is 1. The van der Waals surface area contributed by atoms with Crippen LogP contribution in [-0.2, 0) is 9.63 Å². The summed E-state index contributed by atoms with van der Waals surface area (Å²) in [4.78, 5) is 16.9. The van der Waals surface area contributed by atoms with Gasteiger partial charge in [0, 0.05) is 11.3 Å². The predicted octanol–water partition coefficient (Wildman–Crippen LogP) is 4.40. The Morgan fingerprint density at radius 3 is 2.74 bits per heavy atom. The van der Waals surface area contributed by atoms with Crippen LogP contribution in [0.4, 0.5) is 5.69 Å². The van der Waals surface area contributed by atoms with E-state index >= 15 is 0 Å². The zero-order chi connectivity index (χ0) is 19.5. The number of para-hydroxylation sites is 1. The molecule has 0 bridgehead atoms. The summed E-state index contributed by atoms with van der Waals surface area (Å²) in [6, 6.07) is 12.7. The molecule has 0 spiro atoms. The highest BCUT2D eigenvalue weighted by Crippen LogP contribution is 2.36. The number of nitrogens with zero attached hydrogens (tertiary/aromatic N) is 1. The number of anilines is 1. The van der Waals surface area contributed by atoms with Crippen molar-refractivity contribution >= 4 is 33.7 Å². The lowest BCUT2D eigenvalue weighted by Crippen LogP contribution is -2.16. The summed E-state index contributed by atoms with van der Waals surface area (Å²) >= 11 is 3.46. The van der Waals surface area contributed by atoms with Gasteiger partial charge in [-0.3, -0.25) is 4.79 Å². The Kier molecular flexibility index (Phi) is 8.38. The van der Waals surface area contributed by atoms with Crippen LogP contribution >= 0.6 is 15.9 Å². The van der Waals surface area contributed by atoms with Crippen LogP contribution in [0.15, 0.2) is 64.7 Å². The van der Waals surface area contributed by atoms with E-state index in [0.717, 1.165) is 10.0 Å². The van der Waals surface area contributed by atoms with Gasteiger partial charge in [0.15, 0.2) is 18.1 Å². The molecule has 1 amide bonds. The van der Waals surface area contributed by atoms with Crippen molar-refractivity contribution in [1.82, 2.24) is 0 Å². The van der Waals surface area contributed by atoms with Gasteiger partial charge in [0.2, 0.25) is 0 Å². The molecule has 0 radical (unpaired) electrons. The molecular weight excluding hydrogens is 412 g/mol. The minimum absolute atomic E-state index is 0.189. The van der Waals surface area contributed by atoms with Gasteiger partial charge in [0.1, 0.15) is 6.61 Å². The number of carbonyl (C=O) groups excluding carboxylic acids is 1. The summed E-state index contributed by atoms with van der Waals surface area (Å²) in [5, 5.41) is 6.55. The average molecular weight is 433 g/mol. The molecule has 2 aromatic carbocycles. The Bertz CT molecular complexity index is 794. The molecule has 2 aromatic rings. The van der Waals surface area contributed by atoms with E-state index in [4.69, 9.17) is 14.3 Å². The number of rotatable bonds is 10. The van der Waals surface area contributed by atoms with Gasteiger partial charge in [-0.15, -0.1) is 0 Å². The Labute approximate surface area is 166 Å². The fourth-order valence-corrected chi connectivity index (χ4v) is 2.69. The molecule has 0 fully saturated rings. The van der Waals surface area contributed by atoms with Crippen molar-refractivity contribution in [3.8, 4) is 11.5 Å². The van der Waals surface area contributed by atoms with E-state index in [0.29, 0.717) is 30.4 Å². The van der Waals surface area contributed by atoms with E-state index in [1.165, 1.54) is 6.21 Å². The van der Waals surface area contributed by atoms with Crippen molar-refractivity contribution in [2.45, 2.75) is 6.92 Å². The largest absolute Gasteiger partial charge is 0.490 e. The van der Waals surface area contributed by atoms with Crippen molar-refractivity contribution in [1.29, 1.82) is 0 Å². The van der Waals surface area contributed by atoms with Gasteiger partial charge in [0.25, 0.3) is 5.91 Å². The third-order valence-corrected chi connectivity index (χ3v) is 3.80. The number of hydrogen-bond donors (Lipinski definition) is 1. The number of nitrogens with one attached hydrogen (secondary N) is 1. The standard InChI is InChI=1S/C20H21BrN2O4/c1-3-10-26-20-17(21)11-15(12-18(20)25-4-2)13-22-27-14-19(24)23-16-8-6-5-7-9-16/h3,5-9,11-13H,1,4,10,14H2,2H3,(H,23,24). The molecule has 0 aliphatic carbocycles. The molecule has 0 saturated heterocycles. The molecule has 0 aliphatic rings. The van der Waals surface area contributed by atoms with Crippen molar-refractivity contribution in [2.75, 3.05) is 25.1 Å². The SMILES string of the molecule is C=CCOc1c(Br)cc(C=NOCC(=O)Nc2ccccc2)cc1OCC. The number of carbonyl (C=O) groups is 1. The number of amides is 1. The Hall–Kier alpha value is -2.80. The van der Waals surface area contributed by atoms with Crippen LogP contribution in [0.1, 0.15) is 12.5 Å². The van der Waals surface area contributed by atoms with E-state index in [1.54, 1.807) is 24.3 Å². The van der Waals surface area contributed by atoms with Gasteiger partial charge in [-0.2, -0.15) is 0 Å². The van der Waals surface area contributed by atoms with Crippen LogP contribution < -0.4 is 14.8 Å². The first kappa shape index (κ1) is 20.5. The minimum Gasteiger partial charge on any atom is -0.490 e. The van der Waals surface area contributed by atoms with Gasteiger partial charge >= 0.3 is 0 Å². The van der Waals surface area contributed by atoms with E-state index in [9.17, 15) is 4.79 Å². The summed E-state index contributed by atoms with van der Waals surface area (Å²) in [5.41, 5.74) is 1.44. The fourth-order valence-electron chi connectivity index (χ4n) is 2.12. The maximum absolute atomic E-state index is 11.8. The second-order valence-electron chi connectivity index (χ2n) is 5.28. The lowest BCUT2D eigenvalue weighted by molar-refractivity contribution is -0.120. The number of benzene rings is 2. The second-order valence-corrected chi connectivity index (χ2v) is 6.14. The van der Waals surface area contributed by atoms with Crippen LogP contribution in [0.5, 0.6) is 11.5 Å². The van der Waals surface area contributed by atoms with Crippen molar-refractivity contribution in [3.05, 3.63) is 65.2 Å². The molecule has 7 heteroatoms. The maximum atomic E-state index is 11.8.